The Morgan fingerprint density at radius 3 is 2.81 bits per heavy atom. The number of aromatic nitrogens is 1. The van der Waals surface area contributed by atoms with Gasteiger partial charge in [-0.1, -0.05) is 6.92 Å². The van der Waals surface area contributed by atoms with E-state index in [2.05, 4.69) is 29.2 Å². The number of nitrogens with one attached hydrogen (secondary N) is 1. The summed E-state index contributed by atoms with van der Waals surface area (Å²) in [5.41, 5.74) is 0.0797. The maximum Gasteiger partial charge on any atom is 0.311 e. The third-order valence-electron chi connectivity index (χ3n) is 3.96. The lowest BCUT2D eigenvalue weighted by molar-refractivity contribution is -0.384. The summed E-state index contributed by atoms with van der Waals surface area (Å²) in [5, 5.41) is 14.4. The predicted octanol–water partition coefficient (Wildman–Crippen LogP) is 1.95. The van der Waals surface area contributed by atoms with Gasteiger partial charge in [-0.05, 0) is 26.5 Å². The first kappa shape index (κ1) is 15.5. The summed E-state index contributed by atoms with van der Waals surface area (Å²) in [4.78, 5) is 19.7. The molecule has 116 valence electrons. The number of rotatable bonds is 5. The van der Waals surface area contributed by atoms with E-state index in [0.29, 0.717) is 17.7 Å². The fraction of sp³-hybridized carbons (Fsp3) is 0.643. The van der Waals surface area contributed by atoms with Gasteiger partial charge in [0.25, 0.3) is 0 Å². The van der Waals surface area contributed by atoms with Gasteiger partial charge in [-0.3, -0.25) is 15.0 Å². The highest BCUT2D eigenvalue weighted by Crippen LogP contribution is 2.29. The summed E-state index contributed by atoms with van der Waals surface area (Å²) in [5.74, 6) is 1.16. The van der Waals surface area contributed by atoms with Crippen molar-refractivity contribution in [2.24, 2.45) is 0 Å². The van der Waals surface area contributed by atoms with Crippen LogP contribution in [0.25, 0.3) is 0 Å². The van der Waals surface area contributed by atoms with Crippen LogP contribution in [0.2, 0.25) is 0 Å². The first-order valence-electron chi connectivity index (χ1n) is 7.41. The molecule has 1 N–H and O–H groups in total. The smallest absolute Gasteiger partial charge is 0.311 e. The Kier molecular flexibility index (Phi) is 4.95. The first-order valence-corrected chi connectivity index (χ1v) is 7.41. The van der Waals surface area contributed by atoms with Gasteiger partial charge in [0.2, 0.25) is 5.82 Å². The molecule has 2 rings (SSSR count). The molecule has 2 heterocycles. The zero-order valence-corrected chi connectivity index (χ0v) is 12.9. The lowest BCUT2D eigenvalue weighted by Crippen LogP contribution is -2.51. The van der Waals surface area contributed by atoms with Crippen LogP contribution in [0.3, 0.4) is 0 Å². The molecule has 1 aromatic rings. The summed E-state index contributed by atoms with van der Waals surface area (Å²) in [6, 6.07) is 3.61. The van der Waals surface area contributed by atoms with E-state index in [0.717, 1.165) is 32.6 Å². The second kappa shape index (κ2) is 6.71. The summed E-state index contributed by atoms with van der Waals surface area (Å²) < 4.78 is 0. The Bertz CT molecular complexity index is 508. The van der Waals surface area contributed by atoms with Crippen LogP contribution in [-0.4, -0.2) is 54.1 Å². The lowest BCUT2D eigenvalue weighted by Gasteiger charge is -2.39. The molecule has 7 nitrogen and oxygen atoms in total. The Morgan fingerprint density at radius 1 is 1.43 bits per heavy atom. The van der Waals surface area contributed by atoms with Crippen molar-refractivity contribution in [3.8, 4) is 0 Å². The second-order valence-corrected chi connectivity index (χ2v) is 5.32. The number of nitrogens with zero attached hydrogens (tertiary/aromatic N) is 4. The lowest BCUT2D eigenvalue weighted by atomic mass is 10.1. The van der Waals surface area contributed by atoms with E-state index in [1.54, 1.807) is 12.1 Å². The van der Waals surface area contributed by atoms with Crippen LogP contribution in [0.15, 0.2) is 12.1 Å². The standard InChI is InChI=1S/C14H23N5O2/c1-4-11-10-18(9-8-17(11)3)14-12(19(20)21)6-7-13(16-14)15-5-2/h6-7,11H,4-5,8-10H2,1-3H3,(H,15,16). The van der Waals surface area contributed by atoms with Crippen molar-refractivity contribution in [1.29, 1.82) is 0 Å². The average Bonchev–Trinajstić information content (AvgIpc) is 2.48. The summed E-state index contributed by atoms with van der Waals surface area (Å²) >= 11 is 0. The number of hydrogen-bond acceptors (Lipinski definition) is 6. The molecule has 1 saturated heterocycles. The topological polar surface area (TPSA) is 74.5 Å². The minimum atomic E-state index is -0.350. The fourth-order valence-corrected chi connectivity index (χ4v) is 2.68. The van der Waals surface area contributed by atoms with E-state index in [1.807, 2.05) is 11.8 Å². The molecule has 0 aliphatic carbocycles. The van der Waals surface area contributed by atoms with Crippen LogP contribution < -0.4 is 10.2 Å². The molecule has 1 aliphatic heterocycles. The van der Waals surface area contributed by atoms with Crippen LogP contribution >= 0.6 is 0 Å². The van der Waals surface area contributed by atoms with Crippen molar-refractivity contribution in [3.63, 3.8) is 0 Å². The number of likely N-dealkylation sites (N-methyl/N-ethyl adjacent to an activating group) is 1. The van der Waals surface area contributed by atoms with Gasteiger partial charge in [0, 0.05) is 38.3 Å². The van der Waals surface area contributed by atoms with E-state index in [4.69, 9.17) is 0 Å². The van der Waals surface area contributed by atoms with Gasteiger partial charge in [-0.2, -0.15) is 0 Å². The van der Waals surface area contributed by atoms with Gasteiger partial charge < -0.3 is 10.2 Å². The molecule has 21 heavy (non-hydrogen) atoms. The SMILES string of the molecule is CCNc1ccc([N+](=O)[O-])c(N2CCN(C)C(CC)C2)n1. The molecule has 1 unspecified atom stereocenters. The Morgan fingerprint density at radius 2 is 2.19 bits per heavy atom. The van der Waals surface area contributed by atoms with Crippen molar-refractivity contribution in [3.05, 3.63) is 22.2 Å². The van der Waals surface area contributed by atoms with Crippen molar-refractivity contribution in [1.82, 2.24) is 9.88 Å². The molecule has 1 aliphatic rings. The monoisotopic (exact) mass is 293 g/mol. The molecular weight excluding hydrogens is 270 g/mol. The van der Waals surface area contributed by atoms with Gasteiger partial charge >= 0.3 is 5.69 Å². The summed E-state index contributed by atoms with van der Waals surface area (Å²) in [6.07, 6.45) is 1.02. The largest absolute Gasteiger partial charge is 0.370 e. The molecule has 1 fully saturated rings. The van der Waals surface area contributed by atoms with E-state index >= 15 is 0 Å². The minimum absolute atomic E-state index is 0.0797. The molecule has 0 radical (unpaired) electrons. The average molecular weight is 293 g/mol. The van der Waals surface area contributed by atoms with Gasteiger partial charge in [0.1, 0.15) is 5.82 Å². The Hall–Kier alpha value is -1.89. The molecule has 1 aromatic heterocycles. The fourth-order valence-electron chi connectivity index (χ4n) is 2.68. The summed E-state index contributed by atoms with van der Waals surface area (Å²) in [7, 11) is 2.10. The third-order valence-corrected chi connectivity index (χ3v) is 3.96. The maximum atomic E-state index is 11.3. The Labute approximate surface area is 125 Å². The van der Waals surface area contributed by atoms with Crippen LogP contribution in [0.4, 0.5) is 17.3 Å². The van der Waals surface area contributed by atoms with E-state index in [9.17, 15) is 10.1 Å². The van der Waals surface area contributed by atoms with Gasteiger partial charge in [-0.25, -0.2) is 4.98 Å². The number of piperazine rings is 1. The zero-order valence-electron chi connectivity index (χ0n) is 12.9. The maximum absolute atomic E-state index is 11.3. The molecule has 0 spiro atoms. The van der Waals surface area contributed by atoms with Crippen molar-refractivity contribution >= 4 is 17.3 Å². The molecule has 0 amide bonds. The van der Waals surface area contributed by atoms with E-state index < -0.39 is 0 Å². The van der Waals surface area contributed by atoms with Crippen LogP contribution in [0, 0.1) is 10.1 Å². The molecule has 0 saturated carbocycles. The Balaban J connectivity index is 2.31. The van der Waals surface area contributed by atoms with Crippen LogP contribution in [0.1, 0.15) is 20.3 Å². The van der Waals surface area contributed by atoms with Crippen molar-refractivity contribution in [2.75, 3.05) is 43.4 Å². The zero-order chi connectivity index (χ0) is 15.4. The van der Waals surface area contributed by atoms with Crippen LogP contribution in [0.5, 0.6) is 0 Å². The highest BCUT2D eigenvalue weighted by atomic mass is 16.6. The quantitative estimate of drug-likeness (QED) is 0.660. The molecule has 0 aromatic carbocycles. The highest BCUT2D eigenvalue weighted by molar-refractivity contribution is 5.62. The number of pyridine rings is 1. The molecule has 7 heteroatoms. The number of anilines is 2. The molecular formula is C14H23N5O2. The second-order valence-electron chi connectivity index (χ2n) is 5.32. The molecule has 0 bridgehead atoms. The van der Waals surface area contributed by atoms with Gasteiger partial charge in [-0.15, -0.1) is 0 Å². The van der Waals surface area contributed by atoms with Gasteiger partial charge in [0.05, 0.1) is 4.92 Å². The number of nitro groups is 1. The van der Waals surface area contributed by atoms with Gasteiger partial charge in [0.15, 0.2) is 0 Å². The van der Waals surface area contributed by atoms with E-state index in [-0.39, 0.29) is 10.6 Å². The molecule has 1 atom stereocenters. The van der Waals surface area contributed by atoms with Crippen molar-refractivity contribution in [2.45, 2.75) is 26.3 Å². The first-order chi connectivity index (χ1) is 10.1. The van der Waals surface area contributed by atoms with E-state index in [1.165, 1.54) is 0 Å². The third kappa shape index (κ3) is 3.41. The van der Waals surface area contributed by atoms with Crippen LogP contribution in [-0.2, 0) is 0 Å². The highest BCUT2D eigenvalue weighted by Gasteiger charge is 2.28. The predicted molar refractivity (Wildman–Crippen MR) is 84.0 cm³/mol. The number of hydrogen-bond donors (Lipinski definition) is 1. The minimum Gasteiger partial charge on any atom is -0.370 e. The van der Waals surface area contributed by atoms with Crippen molar-refractivity contribution < 1.29 is 4.92 Å². The normalized spacial score (nSPS) is 19.6. The summed E-state index contributed by atoms with van der Waals surface area (Å²) in [6.45, 7) is 7.29.